The second kappa shape index (κ2) is 7.46. The molecule has 2 aliphatic rings. The minimum atomic E-state index is 0.483. The fourth-order valence-corrected chi connectivity index (χ4v) is 4.78. The van der Waals surface area contributed by atoms with Crippen molar-refractivity contribution in [2.75, 3.05) is 19.6 Å². The number of piperidine rings is 1. The van der Waals surface area contributed by atoms with E-state index in [9.17, 15) is 0 Å². The Morgan fingerprint density at radius 2 is 1.71 bits per heavy atom. The second-order valence-electron chi connectivity index (χ2n) is 8.71. The molecule has 124 valence electrons. The van der Waals surface area contributed by atoms with Crippen LogP contribution in [-0.4, -0.2) is 30.6 Å². The van der Waals surface area contributed by atoms with Gasteiger partial charge in [-0.2, -0.15) is 0 Å². The van der Waals surface area contributed by atoms with Crippen LogP contribution < -0.4 is 5.73 Å². The molecule has 0 aromatic carbocycles. The lowest BCUT2D eigenvalue weighted by Crippen LogP contribution is -2.50. The molecule has 0 radical (unpaired) electrons. The van der Waals surface area contributed by atoms with E-state index in [-0.39, 0.29) is 0 Å². The first-order chi connectivity index (χ1) is 9.95. The summed E-state index contributed by atoms with van der Waals surface area (Å²) in [5, 5.41) is 0. The third-order valence-corrected chi connectivity index (χ3v) is 6.29. The summed E-state index contributed by atoms with van der Waals surface area (Å²) in [6.45, 7) is 13.1. The van der Waals surface area contributed by atoms with Gasteiger partial charge in [0.05, 0.1) is 0 Å². The van der Waals surface area contributed by atoms with Crippen LogP contribution >= 0.6 is 0 Å². The second-order valence-corrected chi connectivity index (χ2v) is 8.71. The molecular weight excluding hydrogens is 256 g/mol. The van der Waals surface area contributed by atoms with Crippen LogP contribution in [0.3, 0.4) is 0 Å². The monoisotopic (exact) mass is 294 g/mol. The zero-order valence-electron chi connectivity index (χ0n) is 14.9. The molecule has 3 unspecified atom stereocenters. The maximum Gasteiger partial charge on any atom is 0.0138 e. The van der Waals surface area contributed by atoms with Crippen LogP contribution in [0.5, 0.6) is 0 Å². The molecule has 1 heterocycles. The fraction of sp³-hybridized carbons (Fsp3) is 1.00. The van der Waals surface area contributed by atoms with E-state index in [1.807, 2.05) is 0 Å². The van der Waals surface area contributed by atoms with E-state index >= 15 is 0 Å². The van der Waals surface area contributed by atoms with Gasteiger partial charge < -0.3 is 10.6 Å². The summed E-state index contributed by atoms with van der Waals surface area (Å²) < 4.78 is 0. The van der Waals surface area contributed by atoms with Crippen LogP contribution in [0.1, 0.15) is 72.6 Å². The number of rotatable bonds is 4. The van der Waals surface area contributed by atoms with Gasteiger partial charge in [-0.15, -0.1) is 0 Å². The molecule has 1 aliphatic carbocycles. The molecule has 2 nitrogen and oxygen atoms in total. The lowest BCUT2D eigenvalue weighted by molar-refractivity contribution is 0.0303. The van der Waals surface area contributed by atoms with E-state index in [0.29, 0.717) is 5.41 Å². The summed E-state index contributed by atoms with van der Waals surface area (Å²) >= 11 is 0. The Labute approximate surface area is 132 Å². The lowest BCUT2D eigenvalue weighted by Gasteiger charge is -2.47. The van der Waals surface area contributed by atoms with Gasteiger partial charge in [0.1, 0.15) is 0 Å². The molecule has 1 aliphatic heterocycles. The maximum absolute atomic E-state index is 6.09. The molecule has 1 saturated carbocycles. The molecule has 0 aromatic heterocycles. The van der Waals surface area contributed by atoms with E-state index < -0.39 is 0 Å². The van der Waals surface area contributed by atoms with Gasteiger partial charge in [-0.1, -0.05) is 47.0 Å². The molecule has 0 bridgehead atoms. The Balaban J connectivity index is 1.92. The highest BCUT2D eigenvalue weighted by Gasteiger charge is 2.36. The number of nitrogens with zero attached hydrogens (tertiary/aromatic N) is 1. The zero-order chi connectivity index (χ0) is 15.5. The smallest absolute Gasteiger partial charge is 0.0138 e. The van der Waals surface area contributed by atoms with Crippen molar-refractivity contribution in [2.45, 2.75) is 78.7 Å². The van der Waals surface area contributed by atoms with Gasteiger partial charge in [0, 0.05) is 6.04 Å². The summed E-state index contributed by atoms with van der Waals surface area (Å²) in [5.41, 5.74) is 6.57. The first-order valence-electron chi connectivity index (χ1n) is 9.39. The first kappa shape index (κ1) is 17.3. The Hall–Kier alpha value is -0.0800. The van der Waals surface area contributed by atoms with Crippen LogP contribution in [0.2, 0.25) is 0 Å². The summed E-state index contributed by atoms with van der Waals surface area (Å²) in [6.07, 6.45) is 9.74. The molecule has 3 atom stereocenters. The molecule has 1 saturated heterocycles. The minimum absolute atomic E-state index is 0.483. The van der Waals surface area contributed by atoms with E-state index in [1.165, 1.54) is 58.0 Å². The quantitative estimate of drug-likeness (QED) is 0.838. The molecule has 0 amide bonds. The summed E-state index contributed by atoms with van der Waals surface area (Å²) in [5.74, 6) is 2.62. The molecule has 21 heavy (non-hydrogen) atoms. The van der Waals surface area contributed by atoms with Crippen molar-refractivity contribution in [1.29, 1.82) is 0 Å². The predicted molar refractivity (Wildman–Crippen MR) is 92.3 cm³/mol. The highest BCUT2D eigenvalue weighted by molar-refractivity contribution is 4.90. The molecule has 2 rings (SSSR count). The maximum atomic E-state index is 6.09. The number of likely N-dealkylation sites (tertiary alicyclic amines) is 1. The van der Waals surface area contributed by atoms with Crippen molar-refractivity contribution >= 4 is 0 Å². The standard InChI is InChI=1S/C19H38N2/c1-5-6-15-7-8-16(14-20)18(13-15)21-11-9-17(10-12-21)19(2,3)4/h15-18H,5-14,20H2,1-4H3. The van der Waals surface area contributed by atoms with Gasteiger partial charge in [0.25, 0.3) is 0 Å². The Kier molecular flexibility index (Phi) is 6.14. The minimum Gasteiger partial charge on any atom is -0.330 e. The van der Waals surface area contributed by atoms with Crippen LogP contribution in [0.15, 0.2) is 0 Å². The molecule has 2 N–H and O–H groups in total. The topological polar surface area (TPSA) is 29.3 Å². The van der Waals surface area contributed by atoms with Crippen LogP contribution in [0.25, 0.3) is 0 Å². The SMILES string of the molecule is CCCC1CCC(CN)C(N2CCC(C(C)(C)C)CC2)C1. The average Bonchev–Trinajstić information content (AvgIpc) is 2.47. The Morgan fingerprint density at radius 1 is 1.05 bits per heavy atom. The first-order valence-corrected chi connectivity index (χ1v) is 9.39. The highest BCUT2D eigenvalue weighted by Crippen LogP contribution is 2.39. The van der Waals surface area contributed by atoms with Crippen LogP contribution in [-0.2, 0) is 0 Å². The Bertz CT molecular complexity index is 299. The molecule has 0 spiro atoms. The van der Waals surface area contributed by atoms with Crippen molar-refractivity contribution in [3.05, 3.63) is 0 Å². The van der Waals surface area contributed by atoms with Gasteiger partial charge in [0.2, 0.25) is 0 Å². The number of nitrogens with two attached hydrogens (primary N) is 1. The van der Waals surface area contributed by atoms with Crippen molar-refractivity contribution in [3.63, 3.8) is 0 Å². The van der Waals surface area contributed by atoms with Crippen molar-refractivity contribution in [3.8, 4) is 0 Å². The molecule has 2 fully saturated rings. The van der Waals surface area contributed by atoms with Gasteiger partial charge >= 0.3 is 0 Å². The third-order valence-electron chi connectivity index (χ3n) is 6.29. The van der Waals surface area contributed by atoms with E-state index in [2.05, 4.69) is 32.6 Å². The van der Waals surface area contributed by atoms with E-state index in [0.717, 1.165) is 30.3 Å². The molecular formula is C19H38N2. The van der Waals surface area contributed by atoms with E-state index in [4.69, 9.17) is 5.73 Å². The average molecular weight is 295 g/mol. The third kappa shape index (κ3) is 4.45. The van der Waals surface area contributed by atoms with E-state index in [1.54, 1.807) is 0 Å². The normalized spacial score (nSPS) is 33.3. The largest absolute Gasteiger partial charge is 0.330 e. The van der Waals surface area contributed by atoms with Gasteiger partial charge in [0.15, 0.2) is 0 Å². The zero-order valence-corrected chi connectivity index (χ0v) is 14.9. The molecule has 0 aromatic rings. The predicted octanol–water partition coefficient (Wildman–Crippen LogP) is 4.29. The molecule has 2 heteroatoms. The fourth-order valence-electron chi connectivity index (χ4n) is 4.78. The summed E-state index contributed by atoms with van der Waals surface area (Å²) in [7, 11) is 0. The number of hydrogen-bond donors (Lipinski definition) is 1. The number of hydrogen-bond acceptors (Lipinski definition) is 2. The van der Waals surface area contributed by atoms with Gasteiger partial charge in [-0.05, 0) is 68.5 Å². The summed E-state index contributed by atoms with van der Waals surface area (Å²) in [4.78, 5) is 2.81. The highest BCUT2D eigenvalue weighted by atomic mass is 15.2. The van der Waals surface area contributed by atoms with Crippen molar-refractivity contribution in [2.24, 2.45) is 28.9 Å². The van der Waals surface area contributed by atoms with Crippen molar-refractivity contribution in [1.82, 2.24) is 4.90 Å². The van der Waals surface area contributed by atoms with Gasteiger partial charge in [-0.25, -0.2) is 0 Å². The van der Waals surface area contributed by atoms with Crippen molar-refractivity contribution < 1.29 is 0 Å². The van der Waals surface area contributed by atoms with Gasteiger partial charge in [-0.3, -0.25) is 0 Å². The Morgan fingerprint density at radius 3 is 2.24 bits per heavy atom. The van der Waals surface area contributed by atoms with Crippen LogP contribution in [0.4, 0.5) is 0 Å². The summed E-state index contributed by atoms with van der Waals surface area (Å²) in [6, 6.07) is 0.779. The van der Waals surface area contributed by atoms with Crippen LogP contribution in [0, 0.1) is 23.2 Å². The lowest BCUT2D eigenvalue weighted by atomic mass is 9.72.